The number of hydrogen-bond donors (Lipinski definition) is 0. The molecule has 99 valence electrons. The van der Waals surface area contributed by atoms with E-state index in [-0.39, 0.29) is 0 Å². The van der Waals surface area contributed by atoms with Gasteiger partial charge in [-0.3, -0.25) is 4.98 Å². The summed E-state index contributed by atoms with van der Waals surface area (Å²) in [6, 6.07) is 5.63. The van der Waals surface area contributed by atoms with Crippen LogP contribution in [0.25, 0.3) is 0 Å². The lowest BCUT2D eigenvalue weighted by molar-refractivity contribution is -0.281. The third kappa shape index (κ3) is 3.38. The predicted octanol–water partition coefficient (Wildman–Crippen LogP) is 1.84. The molecule has 4 nitrogen and oxygen atoms in total. The molecule has 0 aliphatic carbocycles. The Bertz CT molecular complexity index is 328. The first-order valence-electron chi connectivity index (χ1n) is 6.23. The van der Waals surface area contributed by atoms with Crippen molar-refractivity contribution in [3.8, 4) is 0 Å². The van der Waals surface area contributed by atoms with Crippen molar-refractivity contribution in [2.75, 3.05) is 19.8 Å². The summed E-state index contributed by atoms with van der Waals surface area (Å²) in [5, 5.41) is 0. The fraction of sp³-hybridized carbons (Fsp3) is 0.615. The average Bonchev–Trinajstić information content (AvgIpc) is 2.39. The van der Waals surface area contributed by atoms with Crippen molar-refractivity contribution in [1.29, 1.82) is 0 Å². The molecule has 1 aromatic rings. The largest absolute Gasteiger partial charge is 0.377 e. The predicted molar refractivity (Wildman–Crippen MR) is 70.3 cm³/mol. The molecule has 1 unspecified atom stereocenters. The minimum atomic E-state index is -1.02. The van der Waals surface area contributed by atoms with Gasteiger partial charge in [0.15, 0.2) is 0 Å². The van der Waals surface area contributed by atoms with Crippen molar-refractivity contribution < 1.29 is 14.2 Å². The van der Waals surface area contributed by atoms with Crippen molar-refractivity contribution in [2.45, 2.75) is 32.3 Å². The van der Waals surface area contributed by atoms with Gasteiger partial charge in [0.25, 0.3) is 0 Å². The van der Waals surface area contributed by atoms with Crippen LogP contribution in [0.1, 0.15) is 26.5 Å². The zero-order chi connectivity index (χ0) is 13.4. The van der Waals surface area contributed by atoms with E-state index in [1.807, 2.05) is 39.0 Å². The molecule has 0 amide bonds. The van der Waals surface area contributed by atoms with Gasteiger partial charge in [-0.2, -0.15) is 0 Å². The lowest BCUT2D eigenvalue weighted by Crippen LogP contribution is -2.47. The van der Waals surface area contributed by atoms with E-state index >= 15 is 0 Å². The monoisotopic (exact) mass is 266 g/mol. The highest BCUT2D eigenvalue weighted by Gasteiger charge is 2.42. The molecule has 0 saturated heterocycles. The van der Waals surface area contributed by atoms with Gasteiger partial charge in [-0.05, 0) is 32.9 Å². The summed E-state index contributed by atoms with van der Waals surface area (Å²) in [6.45, 7) is 7.33. The van der Waals surface area contributed by atoms with Crippen molar-refractivity contribution in [1.82, 2.24) is 4.98 Å². The van der Waals surface area contributed by atoms with Crippen molar-refractivity contribution in [2.24, 2.45) is 0 Å². The first kappa shape index (κ1) is 15.3. The highest BCUT2D eigenvalue weighted by Crippen LogP contribution is 2.30. The highest BCUT2D eigenvalue weighted by molar-refractivity contribution is 6.11. The Morgan fingerprint density at radius 1 is 1.17 bits per heavy atom. The Labute approximate surface area is 112 Å². The SMILES string of the molecule is CCOC([Si])C(OCC)(OCC)c1ccccn1. The normalized spacial score (nSPS) is 13.6. The summed E-state index contributed by atoms with van der Waals surface area (Å²) in [6.07, 6.45) is 1.72. The molecule has 5 heteroatoms. The molecule has 1 rings (SSSR count). The summed E-state index contributed by atoms with van der Waals surface area (Å²) in [5.74, 6) is -1.02. The van der Waals surface area contributed by atoms with Crippen LogP contribution in [0, 0.1) is 0 Å². The molecule has 0 bridgehead atoms. The molecule has 1 heterocycles. The van der Waals surface area contributed by atoms with Crippen LogP contribution in [0.3, 0.4) is 0 Å². The van der Waals surface area contributed by atoms with Gasteiger partial charge >= 0.3 is 0 Å². The zero-order valence-electron chi connectivity index (χ0n) is 11.2. The van der Waals surface area contributed by atoms with E-state index in [1.54, 1.807) is 6.20 Å². The molecule has 0 aromatic carbocycles. The van der Waals surface area contributed by atoms with Crippen molar-refractivity contribution in [3.63, 3.8) is 0 Å². The topological polar surface area (TPSA) is 40.6 Å². The fourth-order valence-corrected chi connectivity index (χ4v) is 2.23. The van der Waals surface area contributed by atoms with Crippen LogP contribution >= 0.6 is 0 Å². The quantitative estimate of drug-likeness (QED) is 0.532. The number of rotatable bonds is 8. The molecule has 0 fully saturated rings. The summed E-state index contributed by atoms with van der Waals surface area (Å²) in [5.41, 5.74) is 0.277. The maximum absolute atomic E-state index is 5.81. The lowest BCUT2D eigenvalue weighted by Gasteiger charge is -2.37. The molecule has 0 saturated carbocycles. The van der Waals surface area contributed by atoms with E-state index < -0.39 is 11.5 Å². The van der Waals surface area contributed by atoms with E-state index in [0.29, 0.717) is 25.5 Å². The van der Waals surface area contributed by atoms with Crippen LogP contribution in [-0.2, 0) is 20.0 Å². The Hall–Kier alpha value is -0.753. The molecule has 0 aliphatic heterocycles. The van der Waals surface area contributed by atoms with E-state index in [9.17, 15) is 0 Å². The number of aromatic nitrogens is 1. The van der Waals surface area contributed by atoms with Crippen LogP contribution in [-0.4, -0.2) is 40.8 Å². The highest BCUT2D eigenvalue weighted by atomic mass is 28.1. The lowest BCUT2D eigenvalue weighted by atomic mass is 10.1. The molecule has 0 spiro atoms. The second kappa shape index (κ2) is 7.63. The average molecular weight is 266 g/mol. The van der Waals surface area contributed by atoms with Crippen LogP contribution in [0.5, 0.6) is 0 Å². The third-order valence-electron chi connectivity index (χ3n) is 2.42. The second-order valence-corrected chi connectivity index (χ2v) is 4.11. The first-order valence-corrected chi connectivity index (χ1v) is 6.81. The number of pyridine rings is 1. The number of nitrogens with zero attached hydrogens (tertiary/aromatic N) is 1. The second-order valence-electron chi connectivity index (χ2n) is 3.58. The molecule has 1 atom stereocenters. The molecule has 0 N–H and O–H groups in total. The molecule has 18 heavy (non-hydrogen) atoms. The maximum atomic E-state index is 5.81. The van der Waals surface area contributed by atoms with Gasteiger partial charge in [-0.1, -0.05) is 6.07 Å². The Kier molecular flexibility index (Phi) is 6.49. The van der Waals surface area contributed by atoms with Crippen LogP contribution in [0.15, 0.2) is 24.4 Å². The minimum Gasteiger partial charge on any atom is -0.377 e. The van der Waals surface area contributed by atoms with Gasteiger partial charge in [0.2, 0.25) is 5.79 Å². The van der Waals surface area contributed by atoms with E-state index in [1.165, 1.54) is 0 Å². The van der Waals surface area contributed by atoms with Crippen LogP contribution in [0.2, 0.25) is 0 Å². The Balaban J connectivity index is 3.11. The summed E-state index contributed by atoms with van der Waals surface area (Å²) in [4.78, 5) is 4.33. The van der Waals surface area contributed by atoms with E-state index in [2.05, 4.69) is 15.2 Å². The third-order valence-corrected chi connectivity index (χ3v) is 2.96. The fourth-order valence-electron chi connectivity index (χ4n) is 1.75. The summed E-state index contributed by atoms with van der Waals surface area (Å²) < 4.78 is 17.2. The Morgan fingerprint density at radius 2 is 1.83 bits per heavy atom. The molecular weight excluding hydrogens is 246 g/mol. The number of hydrogen-bond acceptors (Lipinski definition) is 4. The summed E-state index contributed by atoms with van der Waals surface area (Å²) >= 11 is 0. The molecule has 0 aliphatic rings. The summed E-state index contributed by atoms with van der Waals surface area (Å²) in [7, 11) is 3.55. The van der Waals surface area contributed by atoms with Gasteiger partial charge in [-0.15, -0.1) is 0 Å². The first-order chi connectivity index (χ1) is 8.71. The zero-order valence-corrected chi connectivity index (χ0v) is 12.2. The molecule has 3 radical (unpaired) electrons. The number of ether oxygens (including phenoxy) is 3. The maximum Gasteiger partial charge on any atom is 0.235 e. The van der Waals surface area contributed by atoms with Crippen LogP contribution < -0.4 is 0 Å². The van der Waals surface area contributed by atoms with Crippen molar-refractivity contribution in [3.05, 3.63) is 30.1 Å². The van der Waals surface area contributed by atoms with Crippen molar-refractivity contribution >= 4 is 10.2 Å². The molecule has 1 aromatic heterocycles. The standard InChI is InChI=1S/C13H20NO3Si/c1-4-15-12(18)13(16-5-2,17-6-3)11-9-7-8-10-14-11/h7-10,12H,4-6H2,1-3H3. The minimum absolute atomic E-state index is 0.419. The van der Waals surface area contributed by atoms with Gasteiger partial charge in [0, 0.05) is 26.0 Å². The smallest absolute Gasteiger partial charge is 0.235 e. The van der Waals surface area contributed by atoms with Crippen LogP contribution in [0.4, 0.5) is 0 Å². The van der Waals surface area contributed by atoms with Gasteiger partial charge in [0.1, 0.15) is 5.69 Å². The van der Waals surface area contributed by atoms with E-state index in [4.69, 9.17) is 14.2 Å². The van der Waals surface area contributed by atoms with Gasteiger partial charge in [-0.25, -0.2) is 0 Å². The van der Waals surface area contributed by atoms with E-state index in [0.717, 1.165) is 0 Å². The van der Waals surface area contributed by atoms with Gasteiger partial charge in [0.05, 0.1) is 16.0 Å². The van der Waals surface area contributed by atoms with Gasteiger partial charge < -0.3 is 14.2 Å². The Morgan fingerprint density at radius 3 is 2.28 bits per heavy atom. The molecular formula is C13H20NO3Si.